The summed E-state index contributed by atoms with van der Waals surface area (Å²) < 4.78 is 7.44. The number of aromatic hydroxyl groups is 1. The van der Waals surface area contributed by atoms with Gasteiger partial charge in [0.05, 0.1) is 11.4 Å². The van der Waals surface area contributed by atoms with E-state index in [0.717, 1.165) is 5.75 Å². The molecule has 0 aliphatic rings. The first-order valence-corrected chi connectivity index (χ1v) is 9.36. The van der Waals surface area contributed by atoms with E-state index >= 15 is 0 Å². The highest BCUT2D eigenvalue weighted by molar-refractivity contribution is 7.99. The second-order valence-electron chi connectivity index (χ2n) is 5.56. The lowest BCUT2D eigenvalue weighted by molar-refractivity contribution is -0.113. The van der Waals surface area contributed by atoms with E-state index < -0.39 is 0 Å². The van der Waals surface area contributed by atoms with E-state index in [-0.39, 0.29) is 29.7 Å². The van der Waals surface area contributed by atoms with Gasteiger partial charge in [0.25, 0.3) is 0 Å². The van der Waals surface area contributed by atoms with Gasteiger partial charge in [-0.2, -0.15) is 0 Å². The molecule has 27 heavy (non-hydrogen) atoms. The Balaban J connectivity index is 1.54. The van der Waals surface area contributed by atoms with Crippen LogP contribution in [0.15, 0.2) is 53.7 Å². The van der Waals surface area contributed by atoms with E-state index in [0.29, 0.717) is 16.0 Å². The molecule has 3 aromatic rings. The van der Waals surface area contributed by atoms with Crippen LogP contribution >= 0.6 is 23.4 Å². The Kier molecular flexibility index (Phi) is 6.20. The minimum Gasteiger partial charge on any atom is -0.506 e. The zero-order valence-electron chi connectivity index (χ0n) is 14.4. The molecular weight excluding hydrogens is 388 g/mol. The predicted octanol–water partition coefficient (Wildman–Crippen LogP) is 3.48. The SMILES string of the molecule is Cn1c(COc2ccccc2)nnc1SCC(=O)Nc1cc(Cl)ccc1O. The van der Waals surface area contributed by atoms with Gasteiger partial charge in [0.2, 0.25) is 5.91 Å². The Bertz CT molecular complexity index is 934. The quantitative estimate of drug-likeness (QED) is 0.463. The van der Waals surface area contributed by atoms with Crippen molar-refractivity contribution in [1.82, 2.24) is 14.8 Å². The summed E-state index contributed by atoms with van der Waals surface area (Å²) in [5.41, 5.74) is 0.267. The van der Waals surface area contributed by atoms with Crippen molar-refractivity contribution in [3.05, 3.63) is 59.4 Å². The summed E-state index contributed by atoms with van der Waals surface area (Å²) >= 11 is 7.10. The van der Waals surface area contributed by atoms with Crippen molar-refractivity contribution in [3.8, 4) is 11.5 Å². The molecule has 2 N–H and O–H groups in total. The Morgan fingerprint density at radius 2 is 2.04 bits per heavy atom. The maximum Gasteiger partial charge on any atom is 0.234 e. The molecular formula is C18H17ClN4O3S. The summed E-state index contributed by atoms with van der Waals surface area (Å²) in [6.07, 6.45) is 0. The summed E-state index contributed by atoms with van der Waals surface area (Å²) in [7, 11) is 1.81. The van der Waals surface area contributed by atoms with Crippen LogP contribution < -0.4 is 10.1 Å². The highest BCUT2D eigenvalue weighted by Crippen LogP contribution is 2.27. The largest absolute Gasteiger partial charge is 0.506 e. The molecule has 7 nitrogen and oxygen atoms in total. The third-order valence-corrected chi connectivity index (χ3v) is 4.86. The molecule has 0 atom stereocenters. The number of rotatable bonds is 7. The molecule has 2 aromatic carbocycles. The number of phenolic OH excluding ortho intramolecular Hbond substituents is 1. The monoisotopic (exact) mass is 404 g/mol. The van der Waals surface area contributed by atoms with Crippen LogP contribution in [0.4, 0.5) is 5.69 Å². The molecule has 0 fully saturated rings. The molecule has 1 aromatic heterocycles. The predicted molar refractivity (Wildman–Crippen MR) is 104 cm³/mol. The van der Waals surface area contributed by atoms with Crippen LogP contribution in [-0.2, 0) is 18.4 Å². The number of nitrogens with zero attached hydrogens (tertiary/aromatic N) is 3. The molecule has 0 bridgehead atoms. The molecule has 140 valence electrons. The number of hydrogen-bond donors (Lipinski definition) is 2. The fraction of sp³-hybridized carbons (Fsp3) is 0.167. The van der Waals surface area contributed by atoms with E-state index in [1.54, 1.807) is 10.6 Å². The summed E-state index contributed by atoms with van der Waals surface area (Å²) in [6.45, 7) is 0.274. The van der Waals surface area contributed by atoms with Crippen molar-refractivity contribution >= 4 is 35.0 Å². The zero-order chi connectivity index (χ0) is 19.2. The smallest absolute Gasteiger partial charge is 0.234 e. The van der Waals surface area contributed by atoms with Crippen LogP contribution in [0, 0.1) is 0 Å². The number of para-hydroxylation sites is 1. The standard InChI is InChI=1S/C18H17ClN4O3S/c1-23-16(10-26-13-5-3-2-4-6-13)21-22-18(23)27-11-17(25)20-14-9-12(19)7-8-15(14)24/h2-9,24H,10-11H2,1H3,(H,20,25). The van der Waals surface area contributed by atoms with Crippen LogP contribution in [-0.4, -0.2) is 31.5 Å². The molecule has 0 saturated heterocycles. The number of benzene rings is 2. The first-order valence-electron chi connectivity index (χ1n) is 8.00. The lowest BCUT2D eigenvalue weighted by atomic mass is 10.3. The van der Waals surface area contributed by atoms with Crippen molar-refractivity contribution in [2.45, 2.75) is 11.8 Å². The number of nitrogens with one attached hydrogen (secondary N) is 1. The number of amides is 1. The molecule has 0 aliphatic carbocycles. The number of carbonyl (C=O) groups excluding carboxylic acids is 1. The second-order valence-corrected chi connectivity index (χ2v) is 6.94. The normalized spacial score (nSPS) is 10.6. The third-order valence-electron chi connectivity index (χ3n) is 3.60. The fourth-order valence-electron chi connectivity index (χ4n) is 2.19. The molecule has 1 heterocycles. The number of anilines is 1. The minimum atomic E-state index is -0.289. The third kappa shape index (κ3) is 5.15. The number of carbonyl (C=O) groups is 1. The van der Waals surface area contributed by atoms with Crippen LogP contribution in [0.1, 0.15) is 5.82 Å². The number of aromatic nitrogens is 3. The number of halogens is 1. The maximum absolute atomic E-state index is 12.1. The lowest BCUT2D eigenvalue weighted by Crippen LogP contribution is -2.14. The molecule has 0 saturated carbocycles. The zero-order valence-corrected chi connectivity index (χ0v) is 16.0. The van der Waals surface area contributed by atoms with Crippen molar-refractivity contribution in [3.63, 3.8) is 0 Å². The Labute approximate surface area is 165 Å². The molecule has 9 heteroatoms. The molecule has 1 amide bonds. The maximum atomic E-state index is 12.1. The minimum absolute atomic E-state index is 0.0447. The number of phenols is 1. The van der Waals surface area contributed by atoms with Gasteiger partial charge >= 0.3 is 0 Å². The molecule has 0 radical (unpaired) electrons. The van der Waals surface area contributed by atoms with Gasteiger partial charge in [0.15, 0.2) is 11.0 Å². The molecule has 0 spiro atoms. The van der Waals surface area contributed by atoms with Gasteiger partial charge in [-0.15, -0.1) is 10.2 Å². The Morgan fingerprint density at radius 3 is 2.81 bits per heavy atom. The van der Waals surface area contributed by atoms with Crippen LogP contribution in [0.2, 0.25) is 5.02 Å². The van der Waals surface area contributed by atoms with Crippen molar-refractivity contribution in [2.75, 3.05) is 11.1 Å². The van der Waals surface area contributed by atoms with Crippen molar-refractivity contribution < 1.29 is 14.6 Å². The van der Waals surface area contributed by atoms with Crippen molar-refractivity contribution in [1.29, 1.82) is 0 Å². The fourth-order valence-corrected chi connectivity index (χ4v) is 3.09. The number of thioether (sulfide) groups is 1. The van der Waals surface area contributed by atoms with Crippen LogP contribution in [0.3, 0.4) is 0 Å². The Hall–Kier alpha value is -2.71. The molecule has 3 rings (SSSR count). The van der Waals surface area contributed by atoms with Crippen molar-refractivity contribution in [2.24, 2.45) is 7.05 Å². The van der Waals surface area contributed by atoms with Gasteiger partial charge in [-0.05, 0) is 30.3 Å². The van der Waals surface area contributed by atoms with E-state index in [1.165, 1.54) is 23.9 Å². The van der Waals surface area contributed by atoms with Crippen LogP contribution in [0.25, 0.3) is 0 Å². The highest BCUT2D eigenvalue weighted by Gasteiger charge is 2.13. The van der Waals surface area contributed by atoms with Gasteiger partial charge in [-0.3, -0.25) is 4.79 Å². The summed E-state index contributed by atoms with van der Waals surface area (Å²) in [5.74, 6) is 1.17. The first-order chi connectivity index (χ1) is 13.0. The van der Waals surface area contributed by atoms with Gasteiger partial charge in [0, 0.05) is 12.1 Å². The first kappa shape index (κ1) is 19.1. The summed E-state index contributed by atoms with van der Waals surface area (Å²) in [6, 6.07) is 13.9. The average molecular weight is 405 g/mol. The Morgan fingerprint density at radius 1 is 1.26 bits per heavy atom. The summed E-state index contributed by atoms with van der Waals surface area (Å²) in [4.78, 5) is 12.1. The van der Waals surface area contributed by atoms with E-state index in [1.807, 2.05) is 37.4 Å². The van der Waals surface area contributed by atoms with Crippen LogP contribution in [0.5, 0.6) is 11.5 Å². The number of hydrogen-bond acceptors (Lipinski definition) is 6. The second kappa shape index (κ2) is 8.79. The molecule has 0 aliphatic heterocycles. The summed E-state index contributed by atoms with van der Waals surface area (Å²) in [5, 5.41) is 21.6. The topological polar surface area (TPSA) is 89.3 Å². The number of ether oxygens (including phenoxy) is 1. The van der Waals surface area contributed by atoms with E-state index in [9.17, 15) is 9.90 Å². The molecule has 0 unspecified atom stereocenters. The lowest BCUT2D eigenvalue weighted by Gasteiger charge is -2.08. The average Bonchev–Trinajstić information content (AvgIpc) is 3.02. The highest BCUT2D eigenvalue weighted by atomic mass is 35.5. The van der Waals surface area contributed by atoms with Gasteiger partial charge < -0.3 is 19.7 Å². The van der Waals surface area contributed by atoms with E-state index in [4.69, 9.17) is 16.3 Å². The van der Waals surface area contributed by atoms with E-state index in [2.05, 4.69) is 15.5 Å². The van der Waals surface area contributed by atoms with Gasteiger partial charge in [-0.1, -0.05) is 41.6 Å². The van der Waals surface area contributed by atoms with Gasteiger partial charge in [-0.25, -0.2) is 0 Å². The van der Waals surface area contributed by atoms with Gasteiger partial charge in [0.1, 0.15) is 18.1 Å².